The van der Waals surface area contributed by atoms with Crippen LogP contribution >= 0.6 is 0 Å². The van der Waals surface area contributed by atoms with Crippen molar-refractivity contribution in [3.05, 3.63) is 70.8 Å². The summed E-state index contributed by atoms with van der Waals surface area (Å²) in [4.78, 5) is 22.1. The summed E-state index contributed by atoms with van der Waals surface area (Å²) in [6, 6.07) is 15.0. The number of carbonyl (C=O) groups excluding carboxylic acids is 2. The van der Waals surface area contributed by atoms with E-state index in [2.05, 4.69) is 13.8 Å². The summed E-state index contributed by atoms with van der Waals surface area (Å²) in [6.45, 7) is 4.11. The molecular formula is C17H16O2. The summed E-state index contributed by atoms with van der Waals surface area (Å²) in [5.41, 5.74) is 2.99. The Morgan fingerprint density at radius 3 is 2.32 bits per heavy atom. The van der Waals surface area contributed by atoms with E-state index in [9.17, 15) is 9.59 Å². The van der Waals surface area contributed by atoms with Crippen LogP contribution in [0.15, 0.2) is 48.5 Å². The molecule has 0 unspecified atom stereocenters. The Kier molecular flexibility index (Phi) is 3.61. The quantitative estimate of drug-likeness (QED) is 0.778. The van der Waals surface area contributed by atoms with Crippen molar-refractivity contribution in [2.75, 3.05) is 0 Å². The first-order chi connectivity index (χ1) is 9.09. The summed E-state index contributed by atoms with van der Waals surface area (Å²) in [7, 11) is 0. The molecule has 0 atom stereocenters. The molecule has 2 aromatic carbocycles. The normalized spacial score (nSPS) is 11.1. The SMILES string of the molecule is CC(C)(c1cccc(C=O)c1)c1ccccc1C=O. The van der Waals surface area contributed by atoms with E-state index in [1.807, 2.05) is 42.5 Å². The largest absolute Gasteiger partial charge is 0.298 e. The van der Waals surface area contributed by atoms with E-state index in [1.165, 1.54) is 0 Å². The standard InChI is InChI=1S/C17H16O2/c1-17(2,15-8-5-6-13(10-15)11-18)16-9-4-3-7-14(16)12-19/h3-12H,1-2H3. The van der Waals surface area contributed by atoms with Crippen molar-refractivity contribution in [3.63, 3.8) is 0 Å². The van der Waals surface area contributed by atoms with Gasteiger partial charge in [0.2, 0.25) is 0 Å². The fraction of sp³-hybridized carbons (Fsp3) is 0.176. The Labute approximate surface area is 113 Å². The third-order valence-corrected chi connectivity index (χ3v) is 3.51. The van der Waals surface area contributed by atoms with Gasteiger partial charge in [0.05, 0.1) is 0 Å². The van der Waals surface area contributed by atoms with Crippen molar-refractivity contribution in [2.45, 2.75) is 19.3 Å². The van der Waals surface area contributed by atoms with Gasteiger partial charge in [-0.1, -0.05) is 56.3 Å². The highest BCUT2D eigenvalue weighted by Gasteiger charge is 2.25. The van der Waals surface area contributed by atoms with Crippen molar-refractivity contribution < 1.29 is 9.59 Å². The lowest BCUT2D eigenvalue weighted by atomic mass is 9.76. The maximum absolute atomic E-state index is 11.2. The summed E-state index contributed by atoms with van der Waals surface area (Å²) in [5.74, 6) is 0. The highest BCUT2D eigenvalue weighted by Crippen LogP contribution is 2.33. The molecule has 0 aromatic heterocycles. The number of hydrogen-bond donors (Lipinski definition) is 0. The Morgan fingerprint density at radius 2 is 1.63 bits per heavy atom. The first-order valence-corrected chi connectivity index (χ1v) is 6.20. The van der Waals surface area contributed by atoms with Gasteiger partial charge in [-0.25, -0.2) is 0 Å². The summed E-state index contributed by atoms with van der Waals surface area (Å²) in [6.07, 6.45) is 1.71. The van der Waals surface area contributed by atoms with Gasteiger partial charge in [-0.05, 0) is 17.2 Å². The second-order valence-corrected chi connectivity index (χ2v) is 5.07. The van der Waals surface area contributed by atoms with E-state index in [0.717, 1.165) is 23.7 Å². The van der Waals surface area contributed by atoms with E-state index >= 15 is 0 Å². The number of aldehydes is 2. The van der Waals surface area contributed by atoms with Crippen LogP contribution in [0.2, 0.25) is 0 Å². The fourth-order valence-corrected chi connectivity index (χ4v) is 2.33. The molecule has 2 rings (SSSR count). The molecule has 0 N–H and O–H groups in total. The monoisotopic (exact) mass is 252 g/mol. The van der Waals surface area contributed by atoms with Gasteiger partial charge in [0.15, 0.2) is 0 Å². The van der Waals surface area contributed by atoms with Crippen molar-refractivity contribution in [1.82, 2.24) is 0 Å². The summed E-state index contributed by atoms with van der Waals surface area (Å²) < 4.78 is 0. The predicted octanol–water partition coefficient (Wildman–Crippen LogP) is 3.64. The first kappa shape index (κ1) is 13.2. The molecule has 19 heavy (non-hydrogen) atoms. The molecule has 0 heterocycles. The molecule has 0 amide bonds. The first-order valence-electron chi connectivity index (χ1n) is 6.20. The molecule has 0 aliphatic rings. The molecule has 0 saturated heterocycles. The van der Waals surface area contributed by atoms with Gasteiger partial charge in [-0.2, -0.15) is 0 Å². The molecule has 0 aliphatic carbocycles. The Hall–Kier alpha value is -2.22. The zero-order valence-corrected chi connectivity index (χ0v) is 11.1. The van der Waals surface area contributed by atoms with E-state index in [0.29, 0.717) is 11.1 Å². The second kappa shape index (κ2) is 5.19. The zero-order chi connectivity index (χ0) is 13.9. The van der Waals surface area contributed by atoms with Gasteiger partial charge in [0.25, 0.3) is 0 Å². The molecule has 0 aliphatic heterocycles. The number of hydrogen-bond acceptors (Lipinski definition) is 2. The minimum absolute atomic E-state index is 0.323. The van der Waals surface area contributed by atoms with E-state index in [1.54, 1.807) is 6.07 Å². The highest BCUT2D eigenvalue weighted by atomic mass is 16.1. The van der Waals surface area contributed by atoms with E-state index < -0.39 is 0 Å². The Morgan fingerprint density at radius 1 is 0.895 bits per heavy atom. The summed E-state index contributed by atoms with van der Waals surface area (Å²) in [5, 5.41) is 0. The molecule has 0 fully saturated rings. The zero-order valence-electron chi connectivity index (χ0n) is 11.1. The van der Waals surface area contributed by atoms with Crippen LogP contribution in [0.25, 0.3) is 0 Å². The third kappa shape index (κ3) is 2.48. The van der Waals surface area contributed by atoms with Gasteiger partial charge in [0, 0.05) is 16.5 Å². The number of rotatable bonds is 4. The lowest BCUT2D eigenvalue weighted by Crippen LogP contribution is -2.21. The third-order valence-electron chi connectivity index (χ3n) is 3.51. The molecule has 0 bridgehead atoms. The molecule has 0 radical (unpaired) electrons. The topological polar surface area (TPSA) is 34.1 Å². The summed E-state index contributed by atoms with van der Waals surface area (Å²) >= 11 is 0. The smallest absolute Gasteiger partial charge is 0.150 e. The van der Waals surface area contributed by atoms with E-state index in [-0.39, 0.29) is 5.41 Å². The second-order valence-electron chi connectivity index (χ2n) is 5.07. The predicted molar refractivity (Wildman–Crippen MR) is 75.8 cm³/mol. The van der Waals surface area contributed by atoms with Gasteiger partial charge >= 0.3 is 0 Å². The fourth-order valence-electron chi connectivity index (χ4n) is 2.33. The van der Waals surface area contributed by atoms with Gasteiger partial charge in [-0.15, -0.1) is 0 Å². The van der Waals surface area contributed by atoms with E-state index in [4.69, 9.17) is 0 Å². The maximum atomic E-state index is 11.2. The van der Waals surface area contributed by atoms with Crippen molar-refractivity contribution in [3.8, 4) is 0 Å². The van der Waals surface area contributed by atoms with Crippen LogP contribution in [0.4, 0.5) is 0 Å². The molecule has 2 heteroatoms. The molecular weight excluding hydrogens is 236 g/mol. The van der Waals surface area contributed by atoms with Crippen molar-refractivity contribution in [2.24, 2.45) is 0 Å². The molecule has 2 aromatic rings. The van der Waals surface area contributed by atoms with Crippen molar-refractivity contribution >= 4 is 12.6 Å². The molecule has 96 valence electrons. The minimum atomic E-state index is -0.323. The number of benzene rings is 2. The Balaban J connectivity index is 2.57. The lowest BCUT2D eigenvalue weighted by Gasteiger charge is -2.27. The van der Waals surface area contributed by atoms with Crippen LogP contribution in [0.3, 0.4) is 0 Å². The van der Waals surface area contributed by atoms with Crippen LogP contribution < -0.4 is 0 Å². The van der Waals surface area contributed by atoms with Gasteiger partial charge < -0.3 is 0 Å². The lowest BCUT2D eigenvalue weighted by molar-refractivity contribution is 0.111. The van der Waals surface area contributed by atoms with Crippen LogP contribution in [-0.4, -0.2) is 12.6 Å². The minimum Gasteiger partial charge on any atom is -0.298 e. The molecule has 0 saturated carbocycles. The number of carbonyl (C=O) groups is 2. The van der Waals surface area contributed by atoms with Crippen LogP contribution in [0.1, 0.15) is 45.7 Å². The Bertz CT molecular complexity index is 612. The van der Waals surface area contributed by atoms with Gasteiger partial charge in [0.1, 0.15) is 12.6 Å². The molecule has 2 nitrogen and oxygen atoms in total. The van der Waals surface area contributed by atoms with Crippen LogP contribution in [-0.2, 0) is 5.41 Å². The average molecular weight is 252 g/mol. The van der Waals surface area contributed by atoms with Crippen LogP contribution in [0.5, 0.6) is 0 Å². The van der Waals surface area contributed by atoms with Gasteiger partial charge in [-0.3, -0.25) is 9.59 Å². The maximum Gasteiger partial charge on any atom is 0.150 e. The van der Waals surface area contributed by atoms with Crippen molar-refractivity contribution in [1.29, 1.82) is 0 Å². The average Bonchev–Trinajstić information content (AvgIpc) is 2.47. The molecule has 0 spiro atoms. The van der Waals surface area contributed by atoms with Crippen LogP contribution in [0, 0.1) is 0 Å². The highest BCUT2D eigenvalue weighted by molar-refractivity contribution is 5.79.